The van der Waals surface area contributed by atoms with Gasteiger partial charge in [0.05, 0.1) is 12.9 Å². The number of rotatable bonds is 10. The number of benzene rings is 2. The molecule has 0 unspecified atom stereocenters. The summed E-state index contributed by atoms with van der Waals surface area (Å²) in [4.78, 5) is 36.7. The molecule has 1 amide bonds. The molecule has 0 aromatic heterocycles. The molecule has 0 spiro atoms. The summed E-state index contributed by atoms with van der Waals surface area (Å²) in [5.41, 5.74) is 1.04. The minimum absolute atomic E-state index is 0.0673. The molecule has 0 saturated carbocycles. The lowest BCUT2D eigenvalue weighted by atomic mass is 10.1. The molecule has 1 N–H and O–H groups in total. The highest BCUT2D eigenvalue weighted by atomic mass is 32.2. The topological polar surface area (TPSA) is 81.7 Å². The minimum Gasteiger partial charge on any atom is -0.497 e. The molecule has 6 nitrogen and oxygen atoms in total. The number of thioether (sulfide) groups is 1. The van der Waals surface area contributed by atoms with Gasteiger partial charge in [-0.05, 0) is 54.4 Å². The first-order valence-electron chi connectivity index (χ1n) is 9.23. The first-order chi connectivity index (χ1) is 13.9. The average Bonchev–Trinajstić information content (AvgIpc) is 2.70. The number of methoxy groups -OCH3 is 1. The van der Waals surface area contributed by atoms with Crippen molar-refractivity contribution >= 4 is 35.1 Å². The molecule has 0 heterocycles. The summed E-state index contributed by atoms with van der Waals surface area (Å²) in [5, 5.41) is 2.78. The lowest BCUT2D eigenvalue weighted by molar-refractivity contribution is -0.139. The summed E-state index contributed by atoms with van der Waals surface area (Å²) < 4.78 is 10.1. The quantitative estimate of drug-likeness (QED) is 0.356. The number of esters is 1. The second-order valence-electron chi connectivity index (χ2n) is 6.77. The van der Waals surface area contributed by atoms with Crippen LogP contribution in [0.2, 0.25) is 0 Å². The van der Waals surface area contributed by atoms with Crippen LogP contribution in [0.3, 0.4) is 0 Å². The van der Waals surface area contributed by atoms with Gasteiger partial charge in [0.2, 0.25) is 5.91 Å². The van der Waals surface area contributed by atoms with Crippen LogP contribution < -0.4 is 10.1 Å². The molecule has 0 radical (unpaired) electrons. The fourth-order valence-electron chi connectivity index (χ4n) is 2.41. The van der Waals surface area contributed by atoms with Gasteiger partial charge in [-0.1, -0.05) is 13.8 Å². The minimum atomic E-state index is -0.461. The highest BCUT2D eigenvalue weighted by Gasteiger charge is 2.11. The van der Waals surface area contributed by atoms with Crippen molar-refractivity contribution < 1.29 is 23.9 Å². The molecule has 0 bridgehead atoms. The second kappa shape index (κ2) is 11.3. The number of ether oxygens (including phenoxy) is 2. The molecule has 29 heavy (non-hydrogen) atoms. The van der Waals surface area contributed by atoms with Crippen molar-refractivity contribution in [1.82, 2.24) is 0 Å². The first kappa shape index (κ1) is 22.5. The van der Waals surface area contributed by atoms with E-state index in [1.165, 1.54) is 11.8 Å². The van der Waals surface area contributed by atoms with E-state index < -0.39 is 5.97 Å². The molecule has 0 fully saturated rings. The molecule has 0 aliphatic heterocycles. The van der Waals surface area contributed by atoms with Crippen molar-refractivity contribution in [2.75, 3.05) is 24.8 Å². The molecule has 0 saturated heterocycles. The summed E-state index contributed by atoms with van der Waals surface area (Å²) in [6.07, 6.45) is 0.436. The second-order valence-corrected chi connectivity index (χ2v) is 7.82. The van der Waals surface area contributed by atoms with Crippen molar-refractivity contribution in [3.8, 4) is 5.75 Å². The van der Waals surface area contributed by atoms with E-state index in [-0.39, 0.29) is 30.0 Å². The number of ketones is 1. The number of hydrogen-bond donors (Lipinski definition) is 1. The van der Waals surface area contributed by atoms with Gasteiger partial charge in [-0.3, -0.25) is 14.4 Å². The summed E-state index contributed by atoms with van der Waals surface area (Å²) >= 11 is 1.33. The number of nitrogens with one attached hydrogen (secondary N) is 1. The van der Waals surface area contributed by atoms with Gasteiger partial charge in [0, 0.05) is 22.6 Å². The van der Waals surface area contributed by atoms with Crippen molar-refractivity contribution in [2.24, 2.45) is 5.92 Å². The molecule has 0 aliphatic carbocycles. The molecular weight excluding hydrogens is 390 g/mol. The van der Waals surface area contributed by atoms with Crippen LogP contribution in [0.1, 0.15) is 30.6 Å². The average molecular weight is 416 g/mol. The molecule has 2 aromatic carbocycles. The largest absolute Gasteiger partial charge is 0.497 e. The Kier molecular flexibility index (Phi) is 8.73. The molecule has 2 rings (SSSR count). The third kappa shape index (κ3) is 7.99. The highest BCUT2D eigenvalue weighted by molar-refractivity contribution is 8.00. The van der Waals surface area contributed by atoms with Crippen molar-refractivity contribution in [2.45, 2.75) is 25.2 Å². The Morgan fingerprint density at radius 2 is 1.66 bits per heavy atom. The van der Waals surface area contributed by atoms with Gasteiger partial charge in [-0.15, -0.1) is 11.8 Å². The lowest BCUT2D eigenvalue weighted by Gasteiger charge is -2.08. The van der Waals surface area contributed by atoms with Gasteiger partial charge in [0.1, 0.15) is 5.75 Å². The number of carbonyl (C=O) groups is 3. The van der Waals surface area contributed by atoms with Crippen LogP contribution in [0.25, 0.3) is 0 Å². The third-order valence-electron chi connectivity index (χ3n) is 3.86. The Hall–Kier alpha value is -2.80. The van der Waals surface area contributed by atoms with Crippen LogP contribution in [0.15, 0.2) is 53.4 Å². The van der Waals surface area contributed by atoms with Crippen LogP contribution in [0.4, 0.5) is 5.69 Å². The van der Waals surface area contributed by atoms with Crippen LogP contribution in [-0.4, -0.2) is 37.1 Å². The number of amides is 1. The molecule has 2 aromatic rings. The molecule has 0 aliphatic rings. The SMILES string of the molecule is COc1ccc(SCC(=O)OCC(=O)c2ccc(NC(=O)CC(C)C)cc2)cc1. The predicted octanol–water partition coefficient (Wildman–Crippen LogP) is 4.20. The molecule has 7 heteroatoms. The van der Waals surface area contributed by atoms with Gasteiger partial charge in [-0.25, -0.2) is 0 Å². The van der Waals surface area contributed by atoms with E-state index in [0.717, 1.165) is 10.6 Å². The summed E-state index contributed by atoms with van der Waals surface area (Å²) in [6, 6.07) is 13.9. The number of hydrogen-bond acceptors (Lipinski definition) is 6. The van der Waals surface area contributed by atoms with Gasteiger partial charge in [0.25, 0.3) is 0 Å². The lowest BCUT2D eigenvalue weighted by Crippen LogP contribution is -2.16. The first-order valence-corrected chi connectivity index (χ1v) is 10.2. The van der Waals surface area contributed by atoms with Crippen molar-refractivity contribution in [3.05, 3.63) is 54.1 Å². The van der Waals surface area contributed by atoms with Crippen LogP contribution in [-0.2, 0) is 14.3 Å². The Labute approximate surface area is 175 Å². The predicted molar refractivity (Wildman–Crippen MR) is 114 cm³/mol. The molecular formula is C22H25NO5S. The van der Waals surface area contributed by atoms with Crippen LogP contribution >= 0.6 is 11.8 Å². The van der Waals surface area contributed by atoms with Gasteiger partial charge >= 0.3 is 5.97 Å². The fourth-order valence-corrected chi connectivity index (χ4v) is 3.10. The zero-order chi connectivity index (χ0) is 21.2. The zero-order valence-corrected chi connectivity index (χ0v) is 17.6. The van der Waals surface area contributed by atoms with E-state index in [1.54, 1.807) is 31.4 Å². The van der Waals surface area contributed by atoms with E-state index in [2.05, 4.69) is 5.32 Å². The summed E-state index contributed by atoms with van der Waals surface area (Å²) in [5.74, 6) is 0.300. The van der Waals surface area contributed by atoms with E-state index in [4.69, 9.17) is 9.47 Å². The number of carbonyl (C=O) groups excluding carboxylic acids is 3. The maximum absolute atomic E-state index is 12.2. The fraction of sp³-hybridized carbons (Fsp3) is 0.318. The molecule has 154 valence electrons. The smallest absolute Gasteiger partial charge is 0.316 e. The van der Waals surface area contributed by atoms with E-state index in [9.17, 15) is 14.4 Å². The maximum atomic E-state index is 12.2. The third-order valence-corrected chi connectivity index (χ3v) is 4.85. The summed E-state index contributed by atoms with van der Waals surface area (Å²) in [6.45, 7) is 3.62. The van der Waals surface area contributed by atoms with E-state index >= 15 is 0 Å². The normalized spacial score (nSPS) is 10.5. The van der Waals surface area contributed by atoms with Crippen LogP contribution in [0.5, 0.6) is 5.75 Å². The Morgan fingerprint density at radius 3 is 2.24 bits per heavy atom. The number of anilines is 1. The summed E-state index contributed by atoms with van der Waals surface area (Å²) in [7, 11) is 1.59. The van der Waals surface area contributed by atoms with Gasteiger partial charge in [0.15, 0.2) is 12.4 Å². The van der Waals surface area contributed by atoms with Gasteiger partial charge in [-0.2, -0.15) is 0 Å². The Morgan fingerprint density at radius 1 is 1.00 bits per heavy atom. The Bertz CT molecular complexity index is 831. The van der Waals surface area contributed by atoms with Crippen molar-refractivity contribution in [3.63, 3.8) is 0 Å². The standard InChI is InChI=1S/C22H25NO5S/c1-15(2)12-21(25)23-17-6-4-16(5-7-17)20(24)13-28-22(26)14-29-19-10-8-18(27-3)9-11-19/h4-11,15H,12-14H2,1-3H3,(H,23,25). The monoisotopic (exact) mass is 415 g/mol. The van der Waals surface area contributed by atoms with Crippen LogP contribution in [0, 0.1) is 5.92 Å². The van der Waals surface area contributed by atoms with E-state index in [0.29, 0.717) is 17.7 Å². The molecule has 0 atom stereocenters. The number of Topliss-reactive ketones (excluding diaryl/α,β-unsaturated/α-hetero) is 1. The highest BCUT2D eigenvalue weighted by Crippen LogP contribution is 2.21. The van der Waals surface area contributed by atoms with Gasteiger partial charge < -0.3 is 14.8 Å². The Balaban J connectivity index is 1.76. The maximum Gasteiger partial charge on any atom is 0.316 e. The van der Waals surface area contributed by atoms with E-state index in [1.807, 2.05) is 38.1 Å². The van der Waals surface area contributed by atoms with Crippen molar-refractivity contribution in [1.29, 1.82) is 0 Å². The zero-order valence-electron chi connectivity index (χ0n) is 16.8.